The molecule has 0 aliphatic carbocycles. The quantitative estimate of drug-likeness (QED) is 0.686. The van der Waals surface area contributed by atoms with Crippen molar-refractivity contribution in [3.63, 3.8) is 0 Å². The first-order chi connectivity index (χ1) is 13.6. The number of hydrogen-bond donors (Lipinski definition) is 0. The first-order valence-electron chi connectivity index (χ1n) is 9.25. The molecule has 1 unspecified atom stereocenters. The number of aromatic nitrogens is 2. The molecule has 0 saturated heterocycles. The molecule has 4 rings (SSSR count). The minimum atomic E-state index is -0.273. The van der Waals surface area contributed by atoms with E-state index in [9.17, 15) is 9.59 Å². The van der Waals surface area contributed by atoms with Crippen molar-refractivity contribution in [3.8, 4) is 11.3 Å². The lowest BCUT2D eigenvalue weighted by Gasteiger charge is -2.27. The maximum Gasteiger partial charge on any atom is 0.267 e. The van der Waals surface area contributed by atoms with Crippen molar-refractivity contribution in [1.29, 1.82) is 0 Å². The summed E-state index contributed by atoms with van der Waals surface area (Å²) in [6, 6.07) is 21.1. The van der Waals surface area contributed by atoms with Gasteiger partial charge in [0.1, 0.15) is 6.54 Å². The maximum atomic E-state index is 13.1. The molecule has 1 atom stereocenters. The number of benzene rings is 2. The fraction of sp³-hybridized carbons (Fsp3) is 0.227. The Labute approximate surface area is 168 Å². The lowest BCUT2D eigenvalue weighted by Crippen LogP contribution is -2.42. The Hall–Kier alpha value is -2.86. The van der Waals surface area contributed by atoms with Crippen LogP contribution in [0.5, 0.6) is 0 Å². The van der Waals surface area contributed by atoms with E-state index in [-0.39, 0.29) is 24.1 Å². The third kappa shape index (κ3) is 3.87. The van der Waals surface area contributed by atoms with Crippen LogP contribution in [0.25, 0.3) is 11.3 Å². The summed E-state index contributed by atoms with van der Waals surface area (Å²) in [6.45, 7) is 2.54. The number of rotatable bonds is 3. The number of carbonyl (C=O) groups excluding carboxylic acids is 1. The van der Waals surface area contributed by atoms with Crippen LogP contribution in [0, 0.1) is 0 Å². The average Bonchev–Trinajstić information content (AvgIpc) is 2.89. The number of carbonyl (C=O) groups is 1. The summed E-state index contributed by atoms with van der Waals surface area (Å²) in [5, 5.41) is 4.42. The number of hydrogen-bond acceptors (Lipinski definition) is 4. The van der Waals surface area contributed by atoms with Crippen molar-refractivity contribution >= 4 is 17.7 Å². The van der Waals surface area contributed by atoms with Crippen LogP contribution in [-0.2, 0) is 17.9 Å². The van der Waals surface area contributed by atoms with Crippen LogP contribution in [0.15, 0.2) is 76.4 Å². The minimum Gasteiger partial charge on any atom is -0.333 e. The summed E-state index contributed by atoms with van der Waals surface area (Å²) in [5.41, 5.74) is 2.46. The molecule has 5 nitrogen and oxygen atoms in total. The predicted molar refractivity (Wildman–Crippen MR) is 111 cm³/mol. The van der Waals surface area contributed by atoms with Gasteiger partial charge in [0.2, 0.25) is 5.91 Å². The zero-order chi connectivity index (χ0) is 19.5. The highest BCUT2D eigenvalue weighted by Crippen LogP contribution is 2.29. The van der Waals surface area contributed by atoms with Crippen LogP contribution in [0.3, 0.4) is 0 Å². The fourth-order valence-electron chi connectivity index (χ4n) is 3.29. The van der Waals surface area contributed by atoms with Gasteiger partial charge in [-0.15, -0.1) is 11.8 Å². The molecule has 0 spiro atoms. The molecule has 1 aliphatic rings. The minimum absolute atomic E-state index is 0.0588. The van der Waals surface area contributed by atoms with E-state index in [0.717, 1.165) is 16.9 Å². The monoisotopic (exact) mass is 391 g/mol. The Morgan fingerprint density at radius 3 is 2.64 bits per heavy atom. The topological polar surface area (TPSA) is 55.2 Å². The molecule has 1 amide bonds. The largest absolute Gasteiger partial charge is 0.333 e. The highest BCUT2D eigenvalue weighted by Gasteiger charge is 2.25. The number of nitrogens with zero attached hydrogens (tertiary/aromatic N) is 3. The molecule has 0 saturated carbocycles. The fourth-order valence-corrected chi connectivity index (χ4v) is 4.39. The van der Waals surface area contributed by atoms with Gasteiger partial charge in [-0.05, 0) is 24.6 Å². The molecule has 3 aromatic rings. The molecule has 1 aromatic heterocycles. The van der Waals surface area contributed by atoms with Gasteiger partial charge in [-0.3, -0.25) is 9.59 Å². The van der Waals surface area contributed by atoms with E-state index in [2.05, 4.69) is 17.2 Å². The van der Waals surface area contributed by atoms with E-state index in [1.54, 1.807) is 17.8 Å². The Morgan fingerprint density at radius 1 is 1.07 bits per heavy atom. The summed E-state index contributed by atoms with van der Waals surface area (Å²) in [4.78, 5) is 28.4. The first kappa shape index (κ1) is 18.5. The lowest BCUT2D eigenvalue weighted by atomic mass is 10.1. The zero-order valence-electron chi connectivity index (χ0n) is 15.6. The molecular formula is C22H21N3O2S. The number of amides is 1. The van der Waals surface area contributed by atoms with E-state index in [1.807, 2.05) is 54.3 Å². The summed E-state index contributed by atoms with van der Waals surface area (Å²) in [6.07, 6.45) is 0. The van der Waals surface area contributed by atoms with Gasteiger partial charge in [0.05, 0.1) is 5.69 Å². The highest BCUT2D eigenvalue weighted by atomic mass is 32.2. The van der Waals surface area contributed by atoms with E-state index < -0.39 is 0 Å². The molecule has 6 heteroatoms. The summed E-state index contributed by atoms with van der Waals surface area (Å²) in [7, 11) is 0. The van der Waals surface area contributed by atoms with Crippen molar-refractivity contribution in [2.75, 3.05) is 5.75 Å². The van der Waals surface area contributed by atoms with E-state index in [1.165, 1.54) is 15.6 Å². The molecule has 0 bridgehead atoms. The molecule has 0 N–H and O–H groups in total. The van der Waals surface area contributed by atoms with Gasteiger partial charge in [0, 0.05) is 34.9 Å². The Kier molecular flexibility index (Phi) is 5.30. The Morgan fingerprint density at radius 2 is 1.82 bits per heavy atom. The number of thioether (sulfide) groups is 1. The molecule has 2 heterocycles. The van der Waals surface area contributed by atoms with Crippen molar-refractivity contribution < 1.29 is 4.79 Å². The van der Waals surface area contributed by atoms with Gasteiger partial charge in [-0.25, -0.2) is 4.68 Å². The van der Waals surface area contributed by atoms with Crippen LogP contribution in [0.1, 0.15) is 12.5 Å². The zero-order valence-corrected chi connectivity index (χ0v) is 16.4. The van der Waals surface area contributed by atoms with E-state index >= 15 is 0 Å². The summed E-state index contributed by atoms with van der Waals surface area (Å²) in [5.74, 6) is 0.736. The summed E-state index contributed by atoms with van der Waals surface area (Å²) < 4.78 is 1.27. The molecular weight excluding hydrogens is 370 g/mol. The van der Waals surface area contributed by atoms with Crippen molar-refractivity contribution in [3.05, 3.63) is 82.6 Å². The Bertz CT molecular complexity index is 1050. The van der Waals surface area contributed by atoms with E-state index in [0.29, 0.717) is 12.2 Å². The molecule has 0 radical (unpaired) electrons. The lowest BCUT2D eigenvalue weighted by molar-refractivity contribution is -0.134. The molecule has 28 heavy (non-hydrogen) atoms. The SMILES string of the molecule is CC1CSc2ccccc2CN1C(=O)Cn1nc(-c2ccccc2)ccc1=O. The second kappa shape index (κ2) is 8.02. The van der Waals surface area contributed by atoms with Gasteiger partial charge in [0.15, 0.2) is 0 Å². The smallest absolute Gasteiger partial charge is 0.267 e. The second-order valence-electron chi connectivity index (χ2n) is 6.87. The van der Waals surface area contributed by atoms with Crippen LogP contribution in [-0.4, -0.2) is 32.4 Å². The number of fused-ring (bicyclic) bond motifs is 1. The van der Waals surface area contributed by atoms with Crippen molar-refractivity contribution in [1.82, 2.24) is 14.7 Å². The average molecular weight is 391 g/mol. The maximum absolute atomic E-state index is 13.1. The molecule has 2 aromatic carbocycles. The van der Waals surface area contributed by atoms with Crippen LogP contribution in [0.4, 0.5) is 0 Å². The predicted octanol–water partition coefficient (Wildman–Crippen LogP) is 3.43. The third-order valence-electron chi connectivity index (χ3n) is 4.87. The van der Waals surface area contributed by atoms with Crippen molar-refractivity contribution in [2.24, 2.45) is 0 Å². The van der Waals surface area contributed by atoms with E-state index in [4.69, 9.17) is 0 Å². The summed E-state index contributed by atoms with van der Waals surface area (Å²) >= 11 is 1.77. The van der Waals surface area contributed by atoms with Gasteiger partial charge >= 0.3 is 0 Å². The van der Waals surface area contributed by atoms with Gasteiger partial charge in [0.25, 0.3) is 5.56 Å². The second-order valence-corrected chi connectivity index (χ2v) is 7.93. The Balaban J connectivity index is 1.59. The van der Waals surface area contributed by atoms with Crippen molar-refractivity contribution in [2.45, 2.75) is 31.0 Å². The van der Waals surface area contributed by atoms with Gasteiger partial charge in [-0.1, -0.05) is 48.5 Å². The van der Waals surface area contributed by atoms with Gasteiger partial charge < -0.3 is 4.90 Å². The van der Waals surface area contributed by atoms with Crippen LogP contribution in [0.2, 0.25) is 0 Å². The normalized spacial score (nSPS) is 16.3. The van der Waals surface area contributed by atoms with Gasteiger partial charge in [-0.2, -0.15) is 5.10 Å². The molecule has 1 aliphatic heterocycles. The van der Waals surface area contributed by atoms with Crippen LogP contribution < -0.4 is 5.56 Å². The standard InChI is InChI=1S/C22H21N3O2S/c1-16-15-28-20-10-6-5-9-18(20)13-24(16)22(27)14-25-21(26)12-11-19(23-25)17-7-3-2-4-8-17/h2-12,16H,13-15H2,1H3. The third-order valence-corrected chi connectivity index (χ3v) is 6.23. The highest BCUT2D eigenvalue weighted by molar-refractivity contribution is 7.99. The first-order valence-corrected chi connectivity index (χ1v) is 10.2. The molecule has 0 fully saturated rings. The molecule has 142 valence electrons. The van der Waals surface area contributed by atoms with Crippen LogP contribution >= 0.6 is 11.8 Å².